The third-order valence-corrected chi connectivity index (χ3v) is 3.22. The predicted octanol–water partition coefficient (Wildman–Crippen LogP) is 0.587. The molecule has 0 aromatic heterocycles. The molecule has 0 aromatic carbocycles. The lowest BCUT2D eigenvalue weighted by Crippen LogP contribution is -2.40. The maximum atomic E-state index is 11.5. The Morgan fingerprint density at radius 1 is 1.38 bits per heavy atom. The van der Waals surface area contributed by atoms with Crippen molar-refractivity contribution in [1.29, 1.82) is 0 Å². The molecular weight excluding hydrogens is 202 g/mol. The van der Waals surface area contributed by atoms with Gasteiger partial charge in [0.1, 0.15) is 0 Å². The summed E-state index contributed by atoms with van der Waals surface area (Å²) in [5.74, 6) is 0.144. The molecule has 1 aliphatic rings. The van der Waals surface area contributed by atoms with Crippen LogP contribution in [0.1, 0.15) is 32.6 Å². The highest BCUT2D eigenvalue weighted by molar-refractivity contribution is 5.78. The van der Waals surface area contributed by atoms with E-state index in [1.165, 1.54) is 12.8 Å². The summed E-state index contributed by atoms with van der Waals surface area (Å²) in [4.78, 5) is 13.8. The Morgan fingerprint density at radius 3 is 2.69 bits per heavy atom. The highest BCUT2D eigenvalue weighted by Gasteiger charge is 2.16. The summed E-state index contributed by atoms with van der Waals surface area (Å²) >= 11 is 0. The van der Waals surface area contributed by atoms with Crippen LogP contribution in [0.25, 0.3) is 0 Å². The Kier molecular flexibility index (Phi) is 6.42. The molecule has 4 heteroatoms. The van der Waals surface area contributed by atoms with E-state index in [1.807, 2.05) is 0 Å². The first-order valence-electron chi connectivity index (χ1n) is 6.41. The van der Waals surface area contributed by atoms with E-state index in [0.717, 1.165) is 32.5 Å². The summed E-state index contributed by atoms with van der Waals surface area (Å²) in [6, 6.07) is 0.438. The van der Waals surface area contributed by atoms with Gasteiger partial charge < -0.3 is 15.5 Å². The smallest absolute Gasteiger partial charge is 0.234 e. The van der Waals surface area contributed by atoms with Crippen LogP contribution in [0.3, 0.4) is 0 Å². The minimum Gasteiger partial charge on any atom is -0.352 e. The molecule has 1 amide bonds. The Hall–Kier alpha value is -0.610. The zero-order valence-corrected chi connectivity index (χ0v) is 10.6. The van der Waals surface area contributed by atoms with Crippen LogP contribution < -0.4 is 10.6 Å². The number of carbonyl (C=O) groups is 1. The largest absolute Gasteiger partial charge is 0.352 e. The van der Waals surface area contributed by atoms with Crippen molar-refractivity contribution in [3.8, 4) is 0 Å². The average Bonchev–Trinajstić information content (AvgIpc) is 2.76. The molecule has 1 saturated carbocycles. The summed E-state index contributed by atoms with van der Waals surface area (Å²) in [7, 11) is 2.08. The highest BCUT2D eigenvalue weighted by atomic mass is 16.1. The lowest BCUT2D eigenvalue weighted by atomic mass is 10.2. The number of carbonyl (C=O) groups excluding carboxylic acids is 1. The molecule has 4 nitrogen and oxygen atoms in total. The molecule has 2 N–H and O–H groups in total. The predicted molar refractivity (Wildman–Crippen MR) is 66.4 cm³/mol. The van der Waals surface area contributed by atoms with Gasteiger partial charge in [0.25, 0.3) is 0 Å². The van der Waals surface area contributed by atoms with Gasteiger partial charge in [0.2, 0.25) is 5.91 Å². The number of likely N-dealkylation sites (N-methyl/N-ethyl adjacent to an activating group) is 1. The molecule has 1 fully saturated rings. The molecule has 0 radical (unpaired) electrons. The molecule has 0 heterocycles. The molecule has 0 bridgehead atoms. The average molecular weight is 227 g/mol. The van der Waals surface area contributed by atoms with E-state index in [-0.39, 0.29) is 5.91 Å². The Labute approximate surface area is 98.8 Å². The first kappa shape index (κ1) is 13.5. The standard InChI is InChI=1S/C12H25N3O/c1-3-15(2)9-8-13-10-12(16)14-11-6-4-5-7-11/h11,13H,3-10H2,1-2H3,(H,14,16). The topological polar surface area (TPSA) is 44.4 Å². The number of rotatable bonds is 7. The Morgan fingerprint density at radius 2 is 2.06 bits per heavy atom. The molecule has 94 valence electrons. The van der Waals surface area contributed by atoms with E-state index in [2.05, 4.69) is 29.5 Å². The van der Waals surface area contributed by atoms with Crippen LogP contribution in [-0.4, -0.2) is 50.1 Å². The van der Waals surface area contributed by atoms with Gasteiger partial charge in [0, 0.05) is 19.1 Å². The summed E-state index contributed by atoms with van der Waals surface area (Å²) < 4.78 is 0. The SMILES string of the molecule is CCN(C)CCNCC(=O)NC1CCCC1. The molecule has 0 atom stereocenters. The van der Waals surface area contributed by atoms with E-state index in [4.69, 9.17) is 0 Å². The van der Waals surface area contributed by atoms with Crippen molar-refractivity contribution in [2.75, 3.05) is 33.2 Å². The van der Waals surface area contributed by atoms with Crippen molar-refractivity contribution >= 4 is 5.91 Å². The molecule has 1 aliphatic carbocycles. The van der Waals surface area contributed by atoms with Gasteiger partial charge in [-0.25, -0.2) is 0 Å². The van der Waals surface area contributed by atoms with Crippen molar-refractivity contribution in [1.82, 2.24) is 15.5 Å². The number of nitrogens with one attached hydrogen (secondary N) is 2. The fraction of sp³-hybridized carbons (Fsp3) is 0.917. The van der Waals surface area contributed by atoms with Crippen LogP contribution in [-0.2, 0) is 4.79 Å². The van der Waals surface area contributed by atoms with Crippen molar-refractivity contribution in [2.45, 2.75) is 38.6 Å². The van der Waals surface area contributed by atoms with Crippen molar-refractivity contribution in [2.24, 2.45) is 0 Å². The van der Waals surface area contributed by atoms with Gasteiger partial charge in [-0.05, 0) is 26.4 Å². The van der Waals surface area contributed by atoms with E-state index in [0.29, 0.717) is 12.6 Å². The van der Waals surface area contributed by atoms with Gasteiger partial charge >= 0.3 is 0 Å². The Balaban J connectivity index is 1.97. The molecule has 0 aromatic rings. The second-order valence-electron chi connectivity index (χ2n) is 4.62. The lowest BCUT2D eigenvalue weighted by molar-refractivity contribution is -0.120. The van der Waals surface area contributed by atoms with Gasteiger partial charge in [-0.15, -0.1) is 0 Å². The minimum atomic E-state index is 0.144. The van der Waals surface area contributed by atoms with Crippen LogP contribution in [0.4, 0.5) is 0 Å². The fourth-order valence-corrected chi connectivity index (χ4v) is 1.98. The van der Waals surface area contributed by atoms with Gasteiger partial charge in [0.15, 0.2) is 0 Å². The molecular formula is C12H25N3O. The van der Waals surface area contributed by atoms with Gasteiger partial charge in [-0.3, -0.25) is 4.79 Å². The molecule has 16 heavy (non-hydrogen) atoms. The maximum absolute atomic E-state index is 11.5. The van der Waals surface area contributed by atoms with Gasteiger partial charge in [0.05, 0.1) is 6.54 Å². The highest BCUT2D eigenvalue weighted by Crippen LogP contribution is 2.17. The summed E-state index contributed by atoms with van der Waals surface area (Å²) in [6.45, 7) is 5.51. The minimum absolute atomic E-state index is 0.144. The fourth-order valence-electron chi connectivity index (χ4n) is 1.98. The van der Waals surface area contributed by atoms with E-state index < -0.39 is 0 Å². The number of hydrogen-bond donors (Lipinski definition) is 2. The summed E-state index contributed by atoms with van der Waals surface area (Å²) in [5.41, 5.74) is 0. The second kappa shape index (κ2) is 7.63. The Bertz CT molecular complexity index is 202. The van der Waals surface area contributed by atoms with Crippen molar-refractivity contribution in [3.63, 3.8) is 0 Å². The third kappa shape index (κ3) is 5.47. The zero-order chi connectivity index (χ0) is 11.8. The molecule has 1 rings (SSSR count). The van der Waals surface area contributed by atoms with E-state index in [9.17, 15) is 4.79 Å². The molecule has 0 unspecified atom stereocenters. The quantitative estimate of drug-likeness (QED) is 0.626. The monoisotopic (exact) mass is 227 g/mol. The zero-order valence-electron chi connectivity index (χ0n) is 10.6. The van der Waals surface area contributed by atoms with E-state index in [1.54, 1.807) is 0 Å². The number of hydrogen-bond acceptors (Lipinski definition) is 3. The van der Waals surface area contributed by atoms with Gasteiger partial charge in [-0.1, -0.05) is 19.8 Å². The molecule has 0 saturated heterocycles. The van der Waals surface area contributed by atoms with Crippen LogP contribution in [0, 0.1) is 0 Å². The normalized spacial score (nSPS) is 16.9. The first-order chi connectivity index (χ1) is 7.72. The molecule has 0 spiro atoms. The molecule has 0 aliphatic heterocycles. The maximum Gasteiger partial charge on any atom is 0.234 e. The van der Waals surface area contributed by atoms with Crippen LogP contribution in [0.5, 0.6) is 0 Å². The van der Waals surface area contributed by atoms with Crippen molar-refractivity contribution in [3.05, 3.63) is 0 Å². The summed E-state index contributed by atoms with van der Waals surface area (Å²) in [5, 5.41) is 6.24. The van der Waals surface area contributed by atoms with Crippen molar-refractivity contribution < 1.29 is 4.79 Å². The van der Waals surface area contributed by atoms with Gasteiger partial charge in [-0.2, -0.15) is 0 Å². The number of nitrogens with zero attached hydrogens (tertiary/aromatic N) is 1. The second-order valence-corrected chi connectivity index (χ2v) is 4.62. The number of amides is 1. The first-order valence-corrected chi connectivity index (χ1v) is 6.41. The van der Waals surface area contributed by atoms with Crippen LogP contribution >= 0.6 is 0 Å². The van der Waals surface area contributed by atoms with E-state index >= 15 is 0 Å². The van der Waals surface area contributed by atoms with Crippen LogP contribution in [0.15, 0.2) is 0 Å². The summed E-state index contributed by atoms with van der Waals surface area (Å²) in [6.07, 6.45) is 4.84. The lowest BCUT2D eigenvalue weighted by Gasteiger charge is -2.15. The van der Waals surface area contributed by atoms with Crippen LogP contribution in [0.2, 0.25) is 0 Å². The third-order valence-electron chi connectivity index (χ3n) is 3.22.